The van der Waals surface area contributed by atoms with Crippen LogP contribution in [0, 0.1) is 11.3 Å². The van der Waals surface area contributed by atoms with Crippen LogP contribution in [-0.2, 0) is 4.74 Å². The highest BCUT2D eigenvalue weighted by Crippen LogP contribution is 2.30. The molecule has 6 heteroatoms. The van der Waals surface area contributed by atoms with Crippen LogP contribution in [0.5, 0.6) is 0 Å². The predicted octanol–water partition coefficient (Wildman–Crippen LogP) is 2.38. The number of nitrogens with zero attached hydrogens (tertiary/aromatic N) is 4. The van der Waals surface area contributed by atoms with Crippen LogP contribution in [0.15, 0.2) is 30.5 Å². The smallest absolute Gasteiger partial charge is 0.101 e. The van der Waals surface area contributed by atoms with Gasteiger partial charge < -0.3 is 15.0 Å². The Kier molecular flexibility index (Phi) is 5.77. The zero-order valence-electron chi connectivity index (χ0n) is 16.8. The van der Waals surface area contributed by atoms with E-state index in [0.29, 0.717) is 11.6 Å². The van der Waals surface area contributed by atoms with Crippen LogP contribution in [0.2, 0.25) is 0 Å². The van der Waals surface area contributed by atoms with E-state index in [2.05, 4.69) is 52.2 Å². The van der Waals surface area contributed by atoms with Crippen molar-refractivity contribution in [3.63, 3.8) is 0 Å². The molecule has 0 spiro atoms. The monoisotopic (exact) mass is 379 g/mol. The fraction of sp³-hybridized carbons (Fsp3) is 0.545. The van der Waals surface area contributed by atoms with Crippen LogP contribution >= 0.6 is 0 Å². The van der Waals surface area contributed by atoms with Crippen molar-refractivity contribution in [2.24, 2.45) is 0 Å². The Hall–Kier alpha value is -2.20. The highest BCUT2D eigenvalue weighted by Gasteiger charge is 2.29. The van der Waals surface area contributed by atoms with Gasteiger partial charge >= 0.3 is 0 Å². The number of pyridine rings is 1. The molecule has 28 heavy (non-hydrogen) atoms. The number of nitrogens with one attached hydrogen (secondary N) is 1. The van der Waals surface area contributed by atoms with E-state index in [1.54, 1.807) is 6.20 Å². The molecule has 4 rings (SSSR count). The van der Waals surface area contributed by atoms with Gasteiger partial charge in [-0.15, -0.1) is 0 Å². The summed E-state index contributed by atoms with van der Waals surface area (Å²) in [5.41, 5.74) is 2.56. The lowest BCUT2D eigenvalue weighted by Crippen LogP contribution is -2.56. The minimum absolute atomic E-state index is 0.172. The van der Waals surface area contributed by atoms with Gasteiger partial charge in [-0.25, -0.2) is 0 Å². The van der Waals surface area contributed by atoms with Gasteiger partial charge in [-0.2, -0.15) is 5.26 Å². The third-order valence-electron chi connectivity index (χ3n) is 5.83. The van der Waals surface area contributed by atoms with Gasteiger partial charge in [0.2, 0.25) is 0 Å². The number of piperazine rings is 1. The third-order valence-corrected chi connectivity index (χ3v) is 5.83. The summed E-state index contributed by atoms with van der Waals surface area (Å²) in [6.07, 6.45) is 3.27. The summed E-state index contributed by atoms with van der Waals surface area (Å²) in [6, 6.07) is 10.8. The van der Waals surface area contributed by atoms with Crippen molar-refractivity contribution < 1.29 is 4.74 Å². The van der Waals surface area contributed by atoms with Crippen LogP contribution in [-0.4, -0.2) is 67.4 Å². The van der Waals surface area contributed by atoms with E-state index >= 15 is 0 Å². The Morgan fingerprint density at radius 3 is 3.00 bits per heavy atom. The molecule has 2 aliphatic rings. The molecule has 1 aromatic carbocycles. The minimum atomic E-state index is 0.172. The first-order valence-electron chi connectivity index (χ1n) is 10.3. The zero-order valence-corrected chi connectivity index (χ0v) is 16.8. The van der Waals surface area contributed by atoms with Crippen molar-refractivity contribution in [1.82, 2.24) is 15.2 Å². The fourth-order valence-corrected chi connectivity index (χ4v) is 4.49. The summed E-state index contributed by atoms with van der Waals surface area (Å²) in [7, 11) is 0. The van der Waals surface area contributed by atoms with Crippen LogP contribution in [0.1, 0.15) is 25.8 Å². The van der Waals surface area contributed by atoms with E-state index in [9.17, 15) is 5.26 Å². The molecule has 148 valence electrons. The van der Waals surface area contributed by atoms with Gasteiger partial charge in [0, 0.05) is 62.6 Å². The second kappa shape index (κ2) is 8.44. The Balaban J connectivity index is 1.54. The molecule has 3 atom stereocenters. The van der Waals surface area contributed by atoms with Gasteiger partial charge in [0.25, 0.3) is 0 Å². The van der Waals surface area contributed by atoms with E-state index in [0.717, 1.165) is 62.3 Å². The molecule has 6 nitrogen and oxygen atoms in total. The molecule has 0 saturated carbocycles. The van der Waals surface area contributed by atoms with E-state index in [-0.39, 0.29) is 12.2 Å². The number of nitriles is 1. The molecule has 0 amide bonds. The molecule has 1 aromatic heterocycles. The molecular formula is C22H29N5O. The number of ether oxygens (including phenoxy) is 1. The highest BCUT2D eigenvalue weighted by molar-refractivity contribution is 5.95. The second-order valence-electron chi connectivity index (χ2n) is 7.94. The van der Waals surface area contributed by atoms with E-state index in [4.69, 9.17) is 4.74 Å². The topological polar surface area (TPSA) is 64.4 Å². The van der Waals surface area contributed by atoms with Crippen LogP contribution in [0.4, 0.5) is 5.69 Å². The number of aromatic nitrogens is 1. The van der Waals surface area contributed by atoms with Gasteiger partial charge in [-0.3, -0.25) is 9.88 Å². The lowest BCUT2D eigenvalue weighted by molar-refractivity contribution is -0.0353. The number of fused-ring (bicyclic) bond motifs is 1. The van der Waals surface area contributed by atoms with Crippen molar-refractivity contribution in [3.05, 3.63) is 36.0 Å². The van der Waals surface area contributed by atoms with Crippen molar-refractivity contribution in [2.45, 2.75) is 38.5 Å². The van der Waals surface area contributed by atoms with Crippen LogP contribution < -0.4 is 10.2 Å². The van der Waals surface area contributed by atoms with Crippen LogP contribution in [0.25, 0.3) is 10.9 Å². The molecule has 3 heterocycles. The van der Waals surface area contributed by atoms with Crippen molar-refractivity contribution in [1.29, 1.82) is 5.26 Å². The Morgan fingerprint density at radius 1 is 1.29 bits per heavy atom. The first-order valence-corrected chi connectivity index (χ1v) is 10.3. The molecule has 2 fully saturated rings. The SMILES string of the molecule is CC[C@H]1CN(C[C@H]2CN(c3ccc(C#N)c4ncccc34)C[C@@H](C)O2)CCN1. The number of rotatable bonds is 4. The molecule has 2 saturated heterocycles. The summed E-state index contributed by atoms with van der Waals surface area (Å²) < 4.78 is 6.29. The maximum atomic E-state index is 9.41. The molecule has 0 bridgehead atoms. The highest BCUT2D eigenvalue weighted by atomic mass is 16.5. The van der Waals surface area contributed by atoms with Crippen molar-refractivity contribution in [2.75, 3.05) is 44.2 Å². The zero-order chi connectivity index (χ0) is 19.5. The van der Waals surface area contributed by atoms with E-state index < -0.39 is 0 Å². The molecule has 2 aliphatic heterocycles. The first-order chi connectivity index (χ1) is 13.7. The quantitative estimate of drug-likeness (QED) is 0.880. The molecule has 0 aliphatic carbocycles. The lowest BCUT2D eigenvalue weighted by atomic mass is 10.1. The van der Waals surface area contributed by atoms with Crippen molar-refractivity contribution in [3.8, 4) is 6.07 Å². The van der Waals surface area contributed by atoms with Gasteiger partial charge in [0.05, 0.1) is 23.3 Å². The molecular weight excluding hydrogens is 350 g/mol. The second-order valence-corrected chi connectivity index (χ2v) is 7.94. The standard InChI is InChI=1S/C22H29N5O/c1-3-18-13-26(10-9-24-18)14-19-15-27(12-16(2)28-19)21-7-6-17(11-23)22-20(21)5-4-8-25-22/h4-8,16,18-19,24H,3,9-10,12-15H2,1-2H3/t16-,18+,19+/m1/s1. The number of morpholine rings is 1. The van der Waals surface area contributed by atoms with Gasteiger partial charge in [-0.05, 0) is 37.6 Å². The Labute approximate surface area is 167 Å². The average Bonchev–Trinajstić information content (AvgIpc) is 2.72. The number of hydrogen-bond donors (Lipinski definition) is 1. The van der Waals surface area contributed by atoms with Gasteiger partial charge in [-0.1, -0.05) is 6.92 Å². The maximum absolute atomic E-state index is 9.41. The lowest BCUT2D eigenvalue weighted by Gasteiger charge is -2.42. The Morgan fingerprint density at radius 2 is 2.18 bits per heavy atom. The molecule has 2 aromatic rings. The average molecular weight is 380 g/mol. The van der Waals surface area contributed by atoms with Gasteiger partial charge in [0.15, 0.2) is 0 Å². The minimum Gasteiger partial charge on any atom is -0.370 e. The van der Waals surface area contributed by atoms with E-state index in [1.165, 1.54) is 0 Å². The molecule has 0 radical (unpaired) electrons. The number of benzene rings is 1. The normalized spacial score (nSPS) is 26.3. The predicted molar refractivity (Wildman–Crippen MR) is 112 cm³/mol. The summed E-state index contributed by atoms with van der Waals surface area (Å²) >= 11 is 0. The van der Waals surface area contributed by atoms with Crippen LogP contribution in [0.3, 0.4) is 0 Å². The van der Waals surface area contributed by atoms with E-state index in [1.807, 2.05) is 12.1 Å². The maximum Gasteiger partial charge on any atom is 0.101 e. The largest absolute Gasteiger partial charge is 0.370 e. The first kappa shape index (κ1) is 19.1. The molecule has 1 N–H and O–H groups in total. The van der Waals surface area contributed by atoms with Gasteiger partial charge in [0.1, 0.15) is 6.07 Å². The summed E-state index contributed by atoms with van der Waals surface area (Å²) in [5.74, 6) is 0. The summed E-state index contributed by atoms with van der Waals surface area (Å²) in [6.45, 7) is 10.3. The summed E-state index contributed by atoms with van der Waals surface area (Å²) in [4.78, 5) is 9.40. The number of hydrogen-bond acceptors (Lipinski definition) is 6. The fourth-order valence-electron chi connectivity index (χ4n) is 4.49. The Bertz CT molecular complexity index is 864. The third kappa shape index (κ3) is 3.97. The molecule has 0 unspecified atom stereocenters. The number of anilines is 1. The summed E-state index contributed by atoms with van der Waals surface area (Å²) in [5, 5.41) is 14.0. The van der Waals surface area contributed by atoms with Crippen molar-refractivity contribution >= 4 is 16.6 Å².